The average Bonchev–Trinajstić information content (AvgIpc) is 3.53. The van der Waals surface area contributed by atoms with E-state index < -0.39 is 12.5 Å². The topological polar surface area (TPSA) is 58.9 Å². The highest BCUT2D eigenvalue weighted by Crippen LogP contribution is 2.43. The zero-order chi connectivity index (χ0) is 21.3. The third kappa shape index (κ3) is 5.33. The van der Waals surface area contributed by atoms with Crippen molar-refractivity contribution in [2.24, 2.45) is 0 Å². The molecule has 0 radical (unpaired) electrons. The zero-order valence-electron chi connectivity index (χ0n) is 16.4. The highest BCUT2D eigenvalue weighted by atomic mass is 19.4. The molecule has 1 saturated heterocycles. The van der Waals surface area contributed by atoms with Crippen LogP contribution < -0.4 is 4.74 Å². The Morgan fingerprint density at radius 3 is 2.40 bits per heavy atom. The summed E-state index contributed by atoms with van der Waals surface area (Å²) in [5.41, 5.74) is 4.21. The predicted molar refractivity (Wildman–Crippen MR) is 104 cm³/mol. The molecule has 3 atom stereocenters. The molecule has 2 N–H and O–H groups in total. The summed E-state index contributed by atoms with van der Waals surface area (Å²) in [6.45, 7) is -0.132. The Labute approximate surface area is 173 Å². The Kier molecular flexibility index (Phi) is 6.04. The van der Waals surface area contributed by atoms with Gasteiger partial charge in [0.1, 0.15) is 5.75 Å². The second-order valence-corrected chi connectivity index (χ2v) is 8.16. The van der Waals surface area contributed by atoms with E-state index in [1.54, 1.807) is 12.1 Å². The van der Waals surface area contributed by atoms with Gasteiger partial charge in [0.15, 0.2) is 0 Å². The number of ether oxygens (including phenoxy) is 2. The van der Waals surface area contributed by atoms with Crippen LogP contribution in [-0.2, 0) is 11.2 Å². The van der Waals surface area contributed by atoms with Crippen LogP contribution in [0, 0.1) is 0 Å². The van der Waals surface area contributed by atoms with Crippen LogP contribution in [0.15, 0.2) is 42.5 Å². The van der Waals surface area contributed by atoms with Gasteiger partial charge in [0.2, 0.25) is 0 Å². The van der Waals surface area contributed by atoms with Gasteiger partial charge in [-0.15, -0.1) is 13.2 Å². The Hall–Kier alpha value is -2.09. The largest absolute Gasteiger partial charge is 0.573 e. The molecular weight excluding hydrogens is 397 g/mol. The molecule has 1 aliphatic carbocycles. The highest BCUT2D eigenvalue weighted by molar-refractivity contribution is 5.41. The van der Waals surface area contributed by atoms with E-state index in [1.807, 2.05) is 6.07 Å². The summed E-state index contributed by atoms with van der Waals surface area (Å²) in [5.74, 6) is 0.284. The van der Waals surface area contributed by atoms with Crippen molar-refractivity contribution in [3.05, 3.63) is 64.7 Å². The van der Waals surface area contributed by atoms with Crippen molar-refractivity contribution in [1.29, 1.82) is 0 Å². The lowest BCUT2D eigenvalue weighted by Gasteiger charge is -2.33. The van der Waals surface area contributed by atoms with Crippen LogP contribution in [0.2, 0.25) is 0 Å². The number of alkyl halides is 3. The molecule has 1 aliphatic heterocycles. The smallest absolute Gasteiger partial charge is 0.406 e. The summed E-state index contributed by atoms with van der Waals surface area (Å²) in [6.07, 6.45) is -2.14. The lowest BCUT2D eigenvalue weighted by Crippen LogP contribution is -2.33. The third-order valence-corrected chi connectivity index (χ3v) is 5.69. The standard InChI is InChI=1S/C23H25F3O4/c24-23(25,26)30-19-6-1-14(2-7-19)9-17-10-16(5-8-21(17)15-3-4-15)22-12-18(28)11-20(13-27)29-22/h1-2,5-8,10,15,18,20,22,27-28H,3-4,9,11-13H2/t18?,20?,22-/m1/s1. The van der Waals surface area contributed by atoms with Crippen LogP contribution in [0.3, 0.4) is 0 Å². The molecule has 30 heavy (non-hydrogen) atoms. The molecule has 4 rings (SSSR count). The summed E-state index contributed by atoms with van der Waals surface area (Å²) in [4.78, 5) is 0. The minimum absolute atomic E-state index is 0.132. The predicted octanol–water partition coefficient (Wildman–Crippen LogP) is 4.63. The molecule has 7 heteroatoms. The number of hydrogen-bond donors (Lipinski definition) is 2. The van der Waals surface area contributed by atoms with Crippen LogP contribution in [0.25, 0.3) is 0 Å². The summed E-state index contributed by atoms with van der Waals surface area (Å²) in [5, 5.41) is 19.5. The quantitative estimate of drug-likeness (QED) is 0.713. The lowest BCUT2D eigenvalue weighted by atomic mass is 9.90. The molecule has 0 bridgehead atoms. The van der Waals surface area contributed by atoms with E-state index in [0.717, 1.165) is 29.5 Å². The van der Waals surface area contributed by atoms with E-state index in [1.165, 1.54) is 17.7 Å². The third-order valence-electron chi connectivity index (χ3n) is 5.69. The molecule has 0 spiro atoms. The van der Waals surface area contributed by atoms with Gasteiger partial charge in [0.25, 0.3) is 0 Å². The number of rotatable bonds is 6. The number of halogens is 3. The van der Waals surface area contributed by atoms with Gasteiger partial charge >= 0.3 is 6.36 Å². The van der Waals surface area contributed by atoms with Crippen molar-refractivity contribution in [3.63, 3.8) is 0 Å². The van der Waals surface area contributed by atoms with Crippen molar-refractivity contribution in [2.45, 2.75) is 62.7 Å². The molecule has 2 aromatic rings. The average molecular weight is 422 g/mol. The Morgan fingerprint density at radius 1 is 1.03 bits per heavy atom. The van der Waals surface area contributed by atoms with Gasteiger partial charge in [-0.3, -0.25) is 0 Å². The summed E-state index contributed by atoms with van der Waals surface area (Å²) in [6, 6.07) is 12.1. The van der Waals surface area contributed by atoms with Gasteiger partial charge in [-0.05, 0) is 59.6 Å². The van der Waals surface area contributed by atoms with Crippen LogP contribution in [-0.4, -0.2) is 35.4 Å². The van der Waals surface area contributed by atoms with Crippen molar-refractivity contribution < 1.29 is 32.9 Å². The highest BCUT2D eigenvalue weighted by Gasteiger charge is 2.32. The van der Waals surface area contributed by atoms with Gasteiger partial charge in [-0.25, -0.2) is 0 Å². The fourth-order valence-electron chi connectivity index (χ4n) is 4.12. The SMILES string of the molecule is OCC1CC(O)C[C@H](c2ccc(C3CC3)c(Cc3ccc(OC(F)(F)F)cc3)c2)O1. The molecule has 0 aromatic heterocycles. The molecule has 2 aromatic carbocycles. The van der Waals surface area contributed by atoms with E-state index in [9.17, 15) is 23.4 Å². The number of benzene rings is 2. The normalized spacial score (nSPS) is 24.6. The van der Waals surface area contributed by atoms with Crippen molar-refractivity contribution in [3.8, 4) is 5.75 Å². The minimum Gasteiger partial charge on any atom is -0.406 e. The van der Waals surface area contributed by atoms with Gasteiger partial charge in [-0.1, -0.05) is 30.3 Å². The first-order valence-corrected chi connectivity index (χ1v) is 10.2. The van der Waals surface area contributed by atoms with E-state index in [4.69, 9.17) is 4.74 Å². The van der Waals surface area contributed by atoms with Crippen LogP contribution in [0.4, 0.5) is 13.2 Å². The second-order valence-electron chi connectivity index (χ2n) is 8.16. The number of hydrogen-bond acceptors (Lipinski definition) is 4. The summed E-state index contributed by atoms with van der Waals surface area (Å²) < 4.78 is 47.0. The Bertz CT molecular complexity index is 862. The first kappa shape index (κ1) is 21.2. The number of aliphatic hydroxyl groups excluding tert-OH is 2. The molecule has 2 aliphatic rings. The molecule has 0 amide bonds. The van der Waals surface area contributed by atoms with E-state index >= 15 is 0 Å². The lowest BCUT2D eigenvalue weighted by molar-refractivity contribution is -0.274. The van der Waals surface area contributed by atoms with Crippen molar-refractivity contribution in [2.75, 3.05) is 6.61 Å². The maximum absolute atomic E-state index is 12.4. The second kappa shape index (κ2) is 8.57. The van der Waals surface area contributed by atoms with Crippen molar-refractivity contribution >= 4 is 0 Å². The summed E-state index contributed by atoms with van der Waals surface area (Å²) in [7, 11) is 0. The van der Waals surface area contributed by atoms with Crippen LogP contribution in [0.5, 0.6) is 5.75 Å². The van der Waals surface area contributed by atoms with Gasteiger partial charge in [0, 0.05) is 12.8 Å². The zero-order valence-corrected chi connectivity index (χ0v) is 16.4. The maximum Gasteiger partial charge on any atom is 0.573 e. The van der Waals surface area contributed by atoms with Crippen LogP contribution >= 0.6 is 0 Å². The van der Waals surface area contributed by atoms with E-state index in [2.05, 4.69) is 16.9 Å². The minimum atomic E-state index is -4.70. The molecule has 2 fully saturated rings. The Balaban J connectivity index is 1.55. The molecule has 1 heterocycles. The first-order chi connectivity index (χ1) is 14.3. The number of aliphatic hydroxyl groups is 2. The first-order valence-electron chi connectivity index (χ1n) is 10.2. The maximum atomic E-state index is 12.4. The fraction of sp³-hybridized carbons (Fsp3) is 0.478. The summed E-state index contributed by atoms with van der Waals surface area (Å²) >= 11 is 0. The molecule has 2 unspecified atom stereocenters. The van der Waals surface area contributed by atoms with E-state index in [-0.39, 0.29) is 24.6 Å². The van der Waals surface area contributed by atoms with Gasteiger partial charge in [-0.2, -0.15) is 0 Å². The Morgan fingerprint density at radius 2 is 1.77 bits per heavy atom. The fourth-order valence-corrected chi connectivity index (χ4v) is 4.12. The monoisotopic (exact) mass is 422 g/mol. The molecule has 1 saturated carbocycles. The molecule has 4 nitrogen and oxygen atoms in total. The van der Waals surface area contributed by atoms with Crippen molar-refractivity contribution in [1.82, 2.24) is 0 Å². The van der Waals surface area contributed by atoms with Crippen LogP contribution in [0.1, 0.15) is 60.0 Å². The van der Waals surface area contributed by atoms with Gasteiger partial charge in [0.05, 0.1) is 24.9 Å². The van der Waals surface area contributed by atoms with Gasteiger partial charge < -0.3 is 19.7 Å². The van der Waals surface area contributed by atoms with E-state index in [0.29, 0.717) is 25.2 Å². The molecule has 162 valence electrons. The molecular formula is C23H25F3O4.